The van der Waals surface area contributed by atoms with E-state index in [-0.39, 0.29) is 24.5 Å². The van der Waals surface area contributed by atoms with Gasteiger partial charge in [-0.2, -0.15) is 0 Å². The molecule has 0 saturated carbocycles. The van der Waals surface area contributed by atoms with Crippen molar-refractivity contribution >= 4 is 12.0 Å². The molecule has 1 aliphatic rings. The van der Waals surface area contributed by atoms with Crippen molar-refractivity contribution in [2.24, 2.45) is 5.41 Å². The van der Waals surface area contributed by atoms with Crippen LogP contribution in [-0.4, -0.2) is 53.1 Å². The van der Waals surface area contributed by atoms with Crippen LogP contribution < -0.4 is 0 Å². The van der Waals surface area contributed by atoms with E-state index in [1.165, 1.54) is 4.90 Å². The lowest BCUT2D eigenvalue weighted by Gasteiger charge is -2.39. The first-order valence-electron chi connectivity index (χ1n) is 6.22. The molecule has 5 heteroatoms. The van der Waals surface area contributed by atoms with Crippen LogP contribution in [0.2, 0.25) is 0 Å². The Morgan fingerprint density at radius 3 is 2.67 bits per heavy atom. The van der Waals surface area contributed by atoms with Gasteiger partial charge >= 0.3 is 12.0 Å². The van der Waals surface area contributed by atoms with E-state index in [1.54, 1.807) is 11.0 Å². The van der Waals surface area contributed by atoms with Crippen molar-refractivity contribution in [3.05, 3.63) is 12.7 Å². The van der Waals surface area contributed by atoms with Gasteiger partial charge in [-0.05, 0) is 18.3 Å². The smallest absolute Gasteiger partial charge is 0.323 e. The van der Waals surface area contributed by atoms with Crippen molar-refractivity contribution in [2.75, 3.05) is 26.2 Å². The third-order valence-electron chi connectivity index (χ3n) is 3.12. The van der Waals surface area contributed by atoms with Crippen LogP contribution in [0.25, 0.3) is 0 Å². The van der Waals surface area contributed by atoms with Crippen molar-refractivity contribution in [2.45, 2.75) is 26.7 Å². The maximum atomic E-state index is 12.3. The lowest BCUT2D eigenvalue weighted by atomic mass is 9.84. The van der Waals surface area contributed by atoms with Crippen LogP contribution >= 0.6 is 0 Å². The van der Waals surface area contributed by atoms with Gasteiger partial charge in [-0.3, -0.25) is 4.79 Å². The van der Waals surface area contributed by atoms with Crippen molar-refractivity contribution in [3.8, 4) is 0 Å². The lowest BCUT2D eigenvalue weighted by Crippen LogP contribution is -2.50. The fourth-order valence-corrected chi connectivity index (χ4v) is 2.32. The van der Waals surface area contributed by atoms with E-state index in [0.29, 0.717) is 13.1 Å². The number of aliphatic carboxylic acids is 1. The molecule has 1 aliphatic heterocycles. The van der Waals surface area contributed by atoms with E-state index >= 15 is 0 Å². The number of carbonyl (C=O) groups excluding carboxylic acids is 1. The highest BCUT2D eigenvalue weighted by atomic mass is 16.4. The molecule has 0 unspecified atom stereocenters. The maximum Gasteiger partial charge on any atom is 0.323 e. The van der Waals surface area contributed by atoms with E-state index in [9.17, 15) is 9.59 Å². The molecular formula is C13H22N2O3. The molecule has 102 valence electrons. The molecular weight excluding hydrogens is 232 g/mol. The minimum atomic E-state index is -0.999. The van der Waals surface area contributed by atoms with Crippen molar-refractivity contribution in [3.63, 3.8) is 0 Å². The summed E-state index contributed by atoms with van der Waals surface area (Å²) in [6, 6.07) is -0.204. The van der Waals surface area contributed by atoms with Gasteiger partial charge in [-0.25, -0.2) is 4.79 Å². The molecule has 0 spiro atoms. The van der Waals surface area contributed by atoms with Crippen LogP contribution in [-0.2, 0) is 4.79 Å². The molecule has 1 fully saturated rings. The van der Waals surface area contributed by atoms with Gasteiger partial charge in [0.2, 0.25) is 0 Å². The van der Waals surface area contributed by atoms with Crippen LogP contribution in [0.1, 0.15) is 26.7 Å². The Balaban J connectivity index is 2.69. The Hall–Kier alpha value is -1.52. The minimum absolute atomic E-state index is 0.108. The Morgan fingerprint density at radius 2 is 2.17 bits per heavy atom. The van der Waals surface area contributed by atoms with E-state index in [4.69, 9.17) is 5.11 Å². The molecule has 0 atom stereocenters. The summed E-state index contributed by atoms with van der Waals surface area (Å²) in [4.78, 5) is 26.1. The summed E-state index contributed by atoms with van der Waals surface area (Å²) in [5.41, 5.74) is 0.108. The lowest BCUT2D eigenvalue weighted by molar-refractivity contribution is -0.137. The SMILES string of the molecule is C=CCN(CC(=O)O)C(=O)N1CCCC(C)(C)C1. The Kier molecular flexibility index (Phi) is 4.76. The standard InChI is InChI=1S/C13H22N2O3/c1-4-7-14(9-11(16)17)12(18)15-8-5-6-13(2,3)10-15/h4H,1,5-10H2,2-3H3,(H,16,17). The molecule has 0 aromatic carbocycles. The molecule has 1 heterocycles. The summed E-state index contributed by atoms with van der Waals surface area (Å²) >= 11 is 0. The predicted octanol–water partition coefficient (Wildman–Crippen LogP) is 1.80. The second kappa shape index (κ2) is 5.89. The molecule has 18 heavy (non-hydrogen) atoms. The summed E-state index contributed by atoms with van der Waals surface area (Å²) in [6.45, 7) is 9.18. The molecule has 0 bridgehead atoms. The zero-order valence-electron chi connectivity index (χ0n) is 11.2. The summed E-state index contributed by atoms with van der Waals surface area (Å²) in [5, 5.41) is 8.81. The predicted molar refractivity (Wildman–Crippen MR) is 69.4 cm³/mol. The third kappa shape index (κ3) is 4.05. The number of hydrogen-bond donors (Lipinski definition) is 1. The topological polar surface area (TPSA) is 60.9 Å². The minimum Gasteiger partial charge on any atom is -0.480 e. The van der Waals surface area contributed by atoms with Crippen LogP contribution in [0.5, 0.6) is 0 Å². The van der Waals surface area contributed by atoms with Gasteiger partial charge in [0.05, 0.1) is 0 Å². The first kappa shape index (κ1) is 14.5. The molecule has 1 rings (SSSR count). The average molecular weight is 254 g/mol. The number of amides is 2. The van der Waals surface area contributed by atoms with Gasteiger partial charge in [0.15, 0.2) is 0 Å². The normalized spacial score (nSPS) is 18.2. The van der Waals surface area contributed by atoms with Crippen molar-refractivity contribution < 1.29 is 14.7 Å². The Morgan fingerprint density at radius 1 is 1.50 bits per heavy atom. The highest BCUT2D eigenvalue weighted by molar-refractivity contribution is 5.80. The molecule has 0 aromatic heterocycles. The van der Waals surface area contributed by atoms with Crippen molar-refractivity contribution in [1.82, 2.24) is 9.80 Å². The van der Waals surface area contributed by atoms with Gasteiger partial charge in [0.1, 0.15) is 6.54 Å². The highest BCUT2D eigenvalue weighted by Gasteiger charge is 2.31. The first-order valence-corrected chi connectivity index (χ1v) is 6.22. The number of piperidine rings is 1. The van der Waals surface area contributed by atoms with E-state index in [2.05, 4.69) is 20.4 Å². The van der Waals surface area contributed by atoms with Gasteiger partial charge in [0.25, 0.3) is 0 Å². The fraction of sp³-hybridized carbons (Fsp3) is 0.692. The summed E-state index contributed by atoms with van der Waals surface area (Å²) in [6.07, 6.45) is 3.61. The second-order valence-corrected chi connectivity index (χ2v) is 5.53. The molecule has 0 aliphatic carbocycles. The number of urea groups is 1. The zero-order chi connectivity index (χ0) is 13.8. The van der Waals surface area contributed by atoms with Crippen molar-refractivity contribution in [1.29, 1.82) is 0 Å². The molecule has 5 nitrogen and oxygen atoms in total. The first-order chi connectivity index (χ1) is 8.35. The van der Waals surface area contributed by atoms with Gasteiger partial charge < -0.3 is 14.9 Å². The molecule has 2 amide bonds. The number of likely N-dealkylation sites (tertiary alicyclic amines) is 1. The van der Waals surface area contributed by atoms with Gasteiger partial charge in [-0.15, -0.1) is 6.58 Å². The Labute approximate surface area is 108 Å². The average Bonchev–Trinajstić information content (AvgIpc) is 2.25. The van der Waals surface area contributed by atoms with E-state index in [0.717, 1.165) is 12.8 Å². The number of nitrogens with zero attached hydrogens (tertiary/aromatic N) is 2. The maximum absolute atomic E-state index is 12.3. The largest absolute Gasteiger partial charge is 0.480 e. The summed E-state index contributed by atoms with van der Waals surface area (Å²) < 4.78 is 0. The zero-order valence-corrected chi connectivity index (χ0v) is 11.2. The second-order valence-electron chi connectivity index (χ2n) is 5.53. The summed E-state index contributed by atoms with van der Waals surface area (Å²) in [7, 11) is 0. The molecule has 1 N–H and O–H groups in total. The number of carbonyl (C=O) groups is 2. The fourth-order valence-electron chi connectivity index (χ4n) is 2.32. The quantitative estimate of drug-likeness (QED) is 0.778. The molecule has 1 saturated heterocycles. The van der Waals surface area contributed by atoms with E-state index in [1.807, 2.05) is 0 Å². The number of carboxylic acids is 1. The van der Waals surface area contributed by atoms with Crippen LogP contribution in [0.4, 0.5) is 4.79 Å². The molecule has 0 aromatic rings. The number of hydrogen-bond acceptors (Lipinski definition) is 2. The van der Waals surface area contributed by atoms with Crippen LogP contribution in [0.3, 0.4) is 0 Å². The third-order valence-corrected chi connectivity index (χ3v) is 3.12. The van der Waals surface area contributed by atoms with Crippen LogP contribution in [0, 0.1) is 5.41 Å². The summed E-state index contributed by atoms with van der Waals surface area (Å²) in [5.74, 6) is -0.999. The Bertz CT molecular complexity index is 339. The molecule has 0 radical (unpaired) electrons. The van der Waals surface area contributed by atoms with E-state index < -0.39 is 5.97 Å². The monoisotopic (exact) mass is 254 g/mol. The van der Waals surface area contributed by atoms with Gasteiger partial charge in [0, 0.05) is 19.6 Å². The number of rotatable bonds is 4. The van der Waals surface area contributed by atoms with Crippen LogP contribution in [0.15, 0.2) is 12.7 Å². The highest BCUT2D eigenvalue weighted by Crippen LogP contribution is 2.28. The number of carboxylic acid groups (broad SMARTS) is 1. The van der Waals surface area contributed by atoms with Gasteiger partial charge in [-0.1, -0.05) is 19.9 Å².